The third kappa shape index (κ3) is 22.1. The van der Waals surface area contributed by atoms with Gasteiger partial charge in [-0.1, -0.05) is 47.6 Å². The first-order valence-electron chi connectivity index (χ1n) is 14.0. The zero-order valence-electron chi connectivity index (χ0n) is 26.3. The Morgan fingerprint density at radius 1 is 1.00 bits per heavy atom. The first kappa shape index (κ1) is 42.2. The Morgan fingerprint density at radius 3 is 2.02 bits per heavy atom. The number of aldehydes is 1. The van der Waals surface area contributed by atoms with Gasteiger partial charge in [-0.15, -0.1) is 6.58 Å². The molecule has 0 aromatic carbocycles. The number of H-pyrrole nitrogens is 1. The van der Waals surface area contributed by atoms with Crippen molar-refractivity contribution in [1.29, 1.82) is 0 Å². The lowest BCUT2D eigenvalue weighted by Crippen LogP contribution is -2.32. The lowest BCUT2D eigenvalue weighted by atomic mass is 10.3. The van der Waals surface area contributed by atoms with E-state index in [-0.39, 0.29) is 5.70 Å². The van der Waals surface area contributed by atoms with Crippen molar-refractivity contribution in [2.24, 2.45) is 11.6 Å². The van der Waals surface area contributed by atoms with Crippen LogP contribution in [0.1, 0.15) is 59.0 Å². The minimum absolute atomic E-state index is 0.0768. The summed E-state index contributed by atoms with van der Waals surface area (Å²) in [7, 11) is 1.62. The molecule has 41 heavy (non-hydrogen) atoms. The van der Waals surface area contributed by atoms with Crippen LogP contribution in [0.15, 0.2) is 42.9 Å². The van der Waals surface area contributed by atoms with Crippen molar-refractivity contribution in [3.05, 3.63) is 48.6 Å². The van der Waals surface area contributed by atoms with Crippen LogP contribution in [0.2, 0.25) is 0 Å². The first-order chi connectivity index (χ1) is 19.9. The van der Waals surface area contributed by atoms with Gasteiger partial charge in [-0.05, 0) is 19.1 Å². The molecule has 2 aromatic rings. The van der Waals surface area contributed by atoms with Crippen molar-refractivity contribution < 1.29 is 28.5 Å². The fourth-order valence-corrected chi connectivity index (χ4v) is 2.53. The van der Waals surface area contributed by atoms with E-state index in [0.29, 0.717) is 81.5 Å². The Balaban J connectivity index is -0.00000144. The summed E-state index contributed by atoms with van der Waals surface area (Å²) >= 11 is 0. The Morgan fingerprint density at radius 2 is 1.51 bits per heavy atom. The topological polar surface area (TPSA) is 167 Å². The number of fused-ring (bicyclic) bond motifs is 1. The lowest BCUT2D eigenvalue weighted by molar-refractivity contribution is -0.113. The molecule has 2 rings (SSSR count). The Bertz CT molecular complexity index is 936. The van der Waals surface area contributed by atoms with Gasteiger partial charge in [0.05, 0.1) is 70.4 Å². The van der Waals surface area contributed by atoms with Crippen molar-refractivity contribution in [3.63, 3.8) is 0 Å². The van der Waals surface area contributed by atoms with Crippen molar-refractivity contribution in [2.75, 3.05) is 65.2 Å². The van der Waals surface area contributed by atoms with Crippen LogP contribution < -0.4 is 16.9 Å². The van der Waals surface area contributed by atoms with E-state index in [1.807, 2.05) is 48.5 Å². The molecule has 236 valence electrons. The maximum absolute atomic E-state index is 12.3. The number of hydrazine groups is 1. The number of pyridine rings is 1. The molecule has 2 aromatic heterocycles. The SMILES string of the molecule is C=CC.CC.CC.CC.COCCOCCOCCOCCN(N)/C=C(\N)C(=O)Nc1cnc2[nH]c(C=O)cc2c1. The molecule has 0 saturated carbocycles. The number of hydrogen-bond donors (Lipinski definition) is 4. The van der Waals surface area contributed by atoms with E-state index in [2.05, 4.69) is 21.9 Å². The highest BCUT2D eigenvalue weighted by Crippen LogP contribution is 2.17. The maximum Gasteiger partial charge on any atom is 0.273 e. The molecule has 12 nitrogen and oxygen atoms in total. The first-order valence-corrected chi connectivity index (χ1v) is 14.0. The number of methoxy groups -OCH3 is 1. The molecule has 0 aliphatic carbocycles. The summed E-state index contributed by atoms with van der Waals surface area (Å²) in [4.78, 5) is 30.1. The minimum atomic E-state index is -0.533. The molecule has 0 aliphatic rings. The number of nitrogens with zero attached hydrogens (tertiary/aromatic N) is 2. The van der Waals surface area contributed by atoms with Crippen molar-refractivity contribution in [3.8, 4) is 0 Å². The highest BCUT2D eigenvalue weighted by molar-refractivity contribution is 6.03. The van der Waals surface area contributed by atoms with Gasteiger partial charge in [-0.3, -0.25) is 9.59 Å². The zero-order chi connectivity index (χ0) is 31.9. The fourth-order valence-electron chi connectivity index (χ4n) is 2.53. The largest absolute Gasteiger partial charge is 0.393 e. The second kappa shape index (κ2) is 31.2. The molecule has 12 heteroatoms. The normalized spacial score (nSPS) is 9.83. The highest BCUT2D eigenvalue weighted by atomic mass is 16.6. The Kier molecular flexibility index (Phi) is 32.1. The van der Waals surface area contributed by atoms with E-state index in [9.17, 15) is 9.59 Å². The van der Waals surface area contributed by atoms with Crippen LogP contribution >= 0.6 is 0 Å². The number of allylic oxidation sites excluding steroid dienone is 1. The quantitative estimate of drug-likeness (QED) is 0.0561. The molecule has 1 amide bonds. The molecule has 0 aliphatic heterocycles. The molecule has 0 radical (unpaired) electrons. The van der Waals surface area contributed by atoms with Gasteiger partial charge in [-0.25, -0.2) is 10.8 Å². The highest BCUT2D eigenvalue weighted by Gasteiger charge is 2.09. The van der Waals surface area contributed by atoms with Gasteiger partial charge < -0.3 is 40.0 Å². The number of anilines is 1. The van der Waals surface area contributed by atoms with E-state index in [1.165, 1.54) is 17.4 Å². The average molecular weight is 583 g/mol. The number of amides is 1. The summed E-state index contributed by atoms with van der Waals surface area (Å²) in [6.07, 6.45) is 5.22. The van der Waals surface area contributed by atoms with Crippen LogP contribution in [0, 0.1) is 0 Å². The van der Waals surface area contributed by atoms with Crippen LogP contribution in [0.3, 0.4) is 0 Å². The standard InChI is InChI=1S/C20H30N6O6.C3H6.3C2H6/c1-29-4-5-31-8-9-32-7-6-30-3-2-26(22)13-18(21)20(28)25-16-10-15-11-17(14-27)24-19(15)23-12-16;1-3-2;3*1-2/h10-14H,2-9,21-22H2,1H3,(H,23,24)(H,25,28);3H,1H2,2H3;3*1-2H3/b18-13-;;;;. The molecule has 0 atom stereocenters. The third-order valence-electron chi connectivity index (χ3n) is 4.11. The molecular weight excluding hydrogens is 528 g/mol. The number of ether oxygens (including phenoxy) is 4. The predicted octanol–water partition coefficient (Wildman–Crippen LogP) is 4.26. The molecule has 0 saturated heterocycles. The maximum atomic E-state index is 12.3. The van der Waals surface area contributed by atoms with Crippen molar-refractivity contribution in [1.82, 2.24) is 15.0 Å². The van der Waals surface area contributed by atoms with E-state index in [4.69, 9.17) is 30.5 Å². The van der Waals surface area contributed by atoms with Crippen molar-refractivity contribution in [2.45, 2.75) is 48.5 Å². The summed E-state index contributed by atoms with van der Waals surface area (Å²) in [5.74, 6) is 5.30. The number of rotatable bonds is 16. The smallest absolute Gasteiger partial charge is 0.273 e. The van der Waals surface area contributed by atoms with Crippen LogP contribution in [0.5, 0.6) is 0 Å². The van der Waals surface area contributed by atoms with Crippen LogP contribution in [0.4, 0.5) is 5.69 Å². The van der Waals surface area contributed by atoms with E-state index < -0.39 is 5.91 Å². The number of nitrogens with two attached hydrogens (primary N) is 2. The van der Waals surface area contributed by atoms with Crippen LogP contribution in [-0.4, -0.2) is 87.1 Å². The molecule has 2 heterocycles. The number of carbonyl (C=O) groups is 2. The minimum Gasteiger partial charge on any atom is -0.393 e. The summed E-state index contributed by atoms with van der Waals surface area (Å²) < 4.78 is 20.9. The molecule has 0 unspecified atom stereocenters. The fraction of sp³-hybridized carbons (Fsp3) is 0.552. The van der Waals surface area contributed by atoms with Gasteiger partial charge in [-0.2, -0.15) is 0 Å². The summed E-state index contributed by atoms with van der Waals surface area (Å²) in [6, 6.07) is 3.31. The predicted molar refractivity (Wildman–Crippen MR) is 168 cm³/mol. The molecular formula is C29H54N6O6. The molecule has 0 spiro atoms. The molecule has 0 fully saturated rings. The monoisotopic (exact) mass is 582 g/mol. The summed E-state index contributed by atoms with van der Waals surface area (Å²) in [5, 5.41) is 4.59. The number of carbonyl (C=O) groups excluding carboxylic acids is 2. The van der Waals surface area contributed by atoms with Gasteiger partial charge in [0.1, 0.15) is 11.3 Å². The second-order valence-corrected chi connectivity index (χ2v) is 7.02. The van der Waals surface area contributed by atoms with E-state index in [0.717, 1.165) is 0 Å². The Hall–Kier alpha value is -3.29. The van der Waals surface area contributed by atoms with E-state index >= 15 is 0 Å². The van der Waals surface area contributed by atoms with Crippen LogP contribution in [-0.2, 0) is 23.7 Å². The van der Waals surface area contributed by atoms with Crippen molar-refractivity contribution >= 4 is 28.9 Å². The number of aromatic amines is 1. The third-order valence-corrected chi connectivity index (χ3v) is 4.11. The Labute approximate surface area is 246 Å². The second-order valence-electron chi connectivity index (χ2n) is 7.02. The number of aromatic nitrogens is 2. The van der Waals surface area contributed by atoms with E-state index in [1.54, 1.807) is 25.3 Å². The average Bonchev–Trinajstić information content (AvgIpc) is 3.42. The number of nitrogens with one attached hydrogen (secondary N) is 2. The van der Waals surface area contributed by atoms with Gasteiger partial charge in [0.25, 0.3) is 5.91 Å². The number of hydrogen-bond acceptors (Lipinski definition) is 10. The molecule has 0 bridgehead atoms. The van der Waals surface area contributed by atoms with Gasteiger partial charge in [0.2, 0.25) is 0 Å². The summed E-state index contributed by atoms with van der Waals surface area (Å²) in [6.45, 7) is 20.8. The van der Waals surface area contributed by atoms with Gasteiger partial charge in [0, 0.05) is 18.7 Å². The van der Waals surface area contributed by atoms with Gasteiger partial charge >= 0.3 is 0 Å². The van der Waals surface area contributed by atoms with Crippen LogP contribution in [0.25, 0.3) is 11.0 Å². The zero-order valence-corrected chi connectivity index (χ0v) is 26.3. The lowest BCUT2D eigenvalue weighted by Gasteiger charge is -2.15. The molecule has 6 N–H and O–H groups in total. The summed E-state index contributed by atoms with van der Waals surface area (Å²) in [5.41, 5.74) is 7.11. The van der Waals surface area contributed by atoms with Gasteiger partial charge in [0.15, 0.2) is 6.29 Å².